The summed E-state index contributed by atoms with van der Waals surface area (Å²) in [7, 11) is 3.10. The van der Waals surface area contributed by atoms with Crippen molar-refractivity contribution in [2.75, 3.05) is 20.8 Å². The van der Waals surface area contributed by atoms with Crippen LogP contribution in [0.4, 0.5) is 4.39 Å². The summed E-state index contributed by atoms with van der Waals surface area (Å²) in [4.78, 5) is 11.7. The molecule has 5 heteroatoms. The molecule has 0 bridgehead atoms. The predicted octanol–water partition coefficient (Wildman–Crippen LogP) is 2.44. The molecule has 1 aromatic rings. The fourth-order valence-electron chi connectivity index (χ4n) is 1.94. The van der Waals surface area contributed by atoms with Gasteiger partial charge in [-0.15, -0.1) is 0 Å². The van der Waals surface area contributed by atoms with Crippen LogP contribution in [0.2, 0.25) is 0 Å². The number of nitrogens with one attached hydrogen (secondary N) is 1. The molecule has 0 aliphatic carbocycles. The number of halogens is 1. The molecule has 1 rings (SSSR count). The van der Waals surface area contributed by atoms with Crippen LogP contribution >= 0.6 is 0 Å². The van der Waals surface area contributed by atoms with Crippen molar-refractivity contribution in [2.24, 2.45) is 0 Å². The highest BCUT2D eigenvalue weighted by Gasteiger charge is 2.31. The van der Waals surface area contributed by atoms with Crippen LogP contribution in [0.25, 0.3) is 0 Å². The molecule has 0 spiro atoms. The van der Waals surface area contributed by atoms with Crippen LogP contribution in [0.3, 0.4) is 0 Å². The van der Waals surface area contributed by atoms with E-state index in [0.717, 1.165) is 5.56 Å². The molecule has 1 N–H and O–H groups in total. The van der Waals surface area contributed by atoms with Gasteiger partial charge < -0.3 is 14.8 Å². The lowest BCUT2D eigenvalue weighted by atomic mass is 9.96. The molecule has 20 heavy (non-hydrogen) atoms. The average molecular weight is 283 g/mol. The van der Waals surface area contributed by atoms with Gasteiger partial charge in [-0.1, -0.05) is 0 Å². The van der Waals surface area contributed by atoms with E-state index in [1.807, 2.05) is 0 Å². The molecule has 0 heterocycles. The molecular weight excluding hydrogens is 261 g/mol. The number of aryl methyl sites for hydroxylation is 1. The van der Waals surface area contributed by atoms with E-state index in [9.17, 15) is 9.18 Å². The molecular formula is C15H22FNO3. The van der Waals surface area contributed by atoms with Crippen molar-refractivity contribution in [1.29, 1.82) is 0 Å². The maximum atomic E-state index is 13.0. The normalized spacial score (nSPS) is 13.7. The van der Waals surface area contributed by atoms with E-state index >= 15 is 0 Å². The van der Waals surface area contributed by atoms with Crippen LogP contribution in [0.1, 0.15) is 25.3 Å². The highest BCUT2D eigenvalue weighted by atomic mass is 19.1. The van der Waals surface area contributed by atoms with E-state index in [0.29, 0.717) is 25.2 Å². The first kappa shape index (κ1) is 16.4. The van der Waals surface area contributed by atoms with E-state index in [1.54, 1.807) is 27.0 Å². The minimum absolute atomic E-state index is 0.275. The van der Waals surface area contributed by atoms with E-state index in [4.69, 9.17) is 9.47 Å². The number of carbonyl (C=O) groups excluding carboxylic acids is 1. The van der Waals surface area contributed by atoms with Crippen LogP contribution in [0.5, 0.6) is 5.75 Å². The Hall–Kier alpha value is -1.62. The van der Waals surface area contributed by atoms with Crippen LogP contribution in [-0.4, -0.2) is 32.3 Å². The summed E-state index contributed by atoms with van der Waals surface area (Å²) < 4.78 is 23.3. The molecule has 0 aliphatic rings. The number of benzene rings is 1. The number of likely N-dealkylation sites (N-methyl/N-ethyl adjacent to an activating group) is 1. The van der Waals surface area contributed by atoms with Crippen molar-refractivity contribution in [1.82, 2.24) is 5.32 Å². The first-order chi connectivity index (χ1) is 9.42. The Bertz CT molecular complexity index is 464. The molecule has 112 valence electrons. The van der Waals surface area contributed by atoms with Crippen LogP contribution in [0, 0.1) is 12.7 Å². The maximum absolute atomic E-state index is 13.0. The molecule has 0 saturated carbocycles. The van der Waals surface area contributed by atoms with Gasteiger partial charge in [0.15, 0.2) is 0 Å². The summed E-state index contributed by atoms with van der Waals surface area (Å²) >= 11 is 0. The Morgan fingerprint density at radius 2 is 2.15 bits per heavy atom. The third kappa shape index (κ3) is 4.20. The number of esters is 1. The zero-order valence-electron chi connectivity index (χ0n) is 12.5. The smallest absolute Gasteiger partial charge is 0.325 e. The molecule has 1 aromatic carbocycles. The maximum Gasteiger partial charge on any atom is 0.325 e. The van der Waals surface area contributed by atoms with Gasteiger partial charge in [0.05, 0.1) is 13.7 Å². The van der Waals surface area contributed by atoms with Gasteiger partial charge in [0.25, 0.3) is 0 Å². The van der Waals surface area contributed by atoms with Crippen molar-refractivity contribution in [3.8, 4) is 5.75 Å². The lowest BCUT2D eigenvalue weighted by Gasteiger charge is -2.26. The summed E-state index contributed by atoms with van der Waals surface area (Å²) in [6, 6.07) is 4.41. The van der Waals surface area contributed by atoms with Crippen molar-refractivity contribution in [3.63, 3.8) is 0 Å². The van der Waals surface area contributed by atoms with E-state index in [2.05, 4.69) is 5.32 Å². The summed E-state index contributed by atoms with van der Waals surface area (Å²) in [6.07, 6.45) is 1.28. The van der Waals surface area contributed by atoms with Gasteiger partial charge in [0.1, 0.15) is 17.1 Å². The number of ether oxygens (including phenoxy) is 2. The van der Waals surface area contributed by atoms with Gasteiger partial charge in [-0.05, 0) is 57.5 Å². The number of methoxy groups -OCH3 is 1. The van der Waals surface area contributed by atoms with E-state index < -0.39 is 5.54 Å². The Kier molecular flexibility index (Phi) is 5.95. The number of carbonyl (C=O) groups is 1. The molecule has 1 unspecified atom stereocenters. The summed E-state index contributed by atoms with van der Waals surface area (Å²) in [6.45, 7) is 4.05. The van der Waals surface area contributed by atoms with Gasteiger partial charge in [-0.25, -0.2) is 4.39 Å². The first-order valence-corrected chi connectivity index (χ1v) is 6.59. The van der Waals surface area contributed by atoms with Crippen molar-refractivity contribution in [2.45, 2.75) is 32.2 Å². The van der Waals surface area contributed by atoms with Crippen LogP contribution < -0.4 is 10.1 Å². The molecule has 0 aromatic heterocycles. The number of hydrogen-bond acceptors (Lipinski definition) is 4. The molecule has 0 aliphatic heterocycles. The summed E-state index contributed by atoms with van der Waals surface area (Å²) in [5, 5.41) is 2.97. The average Bonchev–Trinajstić information content (AvgIpc) is 2.44. The van der Waals surface area contributed by atoms with E-state index in [-0.39, 0.29) is 11.8 Å². The Balaban J connectivity index is 2.46. The minimum atomic E-state index is -0.712. The predicted molar refractivity (Wildman–Crippen MR) is 75.3 cm³/mol. The molecule has 0 amide bonds. The van der Waals surface area contributed by atoms with Gasteiger partial charge in [0.2, 0.25) is 0 Å². The SMILES string of the molecule is CNC(C)(CCCOc1ccc(F)cc1C)C(=O)OC. The van der Waals surface area contributed by atoms with Gasteiger partial charge in [0, 0.05) is 0 Å². The molecule has 0 saturated heterocycles. The van der Waals surface area contributed by atoms with Gasteiger partial charge >= 0.3 is 5.97 Å². The van der Waals surface area contributed by atoms with Crippen molar-refractivity contribution < 1.29 is 18.7 Å². The highest BCUT2D eigenvalue weighted by Crippen LogP contribution is 2.20. The zero-order chi connectivity index (χ0) is 15.2. The lowest BCUT2D eigenvalue weighted by Crippen LogP contribution is -2.48. The lowest BCUT2D eigenvalue weighted by molar-refractivity contribution is -0.148. The van der Waals surface area contributed by atoms with Gasteiger partial charge in [-0.3, -0.25) is 4.79 Å². The second-order valence-electron chi connectivity index (χ2n) is 4.94. The Morgan fingerprint density at radius 1 is 1.45 bits per heavy atom. The quantitative estimate of drug-likeness (QED) is 0.617. The van der Waals surface area contributed by atoms with Gasteiger partial charge in [-0.2, -0.15) is 0 Å². The second kappa shape index (κ2) is 7.24. The second-order valence-corrected chi connectivity index (χ2v) is 4.94. The third-order valence-corrected chi connectivity index (χ3v) is 3.40. The van der Waals surface area contributed by atoms with Crippen LogP contribution in [0.15, 0.2) is 18.2 Å². The Morgan fingerprint density at radius 3 is 2.70 bits per heavy atom. The molecule has 1 atom stereocenters. The number of hydrogen-bond donors (Lipinski definition) is 1. The summed E-state index contributed by atoms with van der Waals surface area (Å²) in [5.41, 5.74) is 0.0463. The largest absolute Gasteiger partial charge is 0.493 e. The Labute approximate surface area is 119 Å². The third-order valence-electron chi connectivity index (χ3n) is 3.40. The molecule has 4 nitrogen and oxygen atoms in total. The molecule has 0 radical (unpaired) electrons. The highest BCUT2D eigenvalue weighted by molar-refractivity contribution is 5.80. The summed E-state index contributed by atoms with van der Waals surface area (Å²) in [5.74, 6) is 0.0943. The van der Waals surface area contributed by atoms with E-state index in [1.165, 1.54) is 19.2 Å². The van der Waals surface area contributed by atoms with Crippen molar-refractivity contribution in [3.05, 3.63) is 29.6 Å². The zero-order valence-corrected chi connectivity index (χ0v) is 12.5. The number of rotatable bonds is 7. The fraction of sp³-hybridized carbons (Fsp3) is 0.533. The first-order valence-electron chi connectivity index (χ1n) is 6.59. The molecule has 0 fully saturated rings. The van der Waals surface area contributed by atoms with Crippen LogP contribution in [-0.2, 0) is 9.53 Å². The van der Waals surface area contributed by atoms with Crippen molar-refractivity contribution >= 4 is 5.97 Å². The topological polar surface area (TPSA) is 47.6 Å². The fourth-order valence-corrected chi connectivity index (χ4v) is 1.94. The minimum Gasteiger partial charge on any atom is -0.493 e. The standard InChI is InChI=1S/C15H22FNO3/c1-11-10-12(16)6-7-13(11)20-9-5-8-15(2,17-3)14(18)19-4/h6-7,10,17H,5,8-9H2,1-4H3. The monoisotopic (exact) mass is 283 g/mol.